The number of anilines is 2. The summed E-state index contributed by atoms with van der Waals surface area (Å²) in [6, 6.07) is 1.84. The number of allylic oxidation sites excluding steroid dienone is 3. The number of primary amides is 1. The summed E-state index contributed by atoms with van der Waals surface area (Å²) >= 11 is 0. The van der Waals surface area contributed by atoms with Crippen molar-refractivity contribution < 1.29 is 4.79 Å². The molecule has 0 bridgehead atoms. The van der Waals surface area contributed by atoms with E-state index in [2.05, 4.69) is 22.7 Å². The Balaban J connectivity index is 1.87. The lowest BCUT2D eigenvalue weighted by Crippen LogP contribution is -2.44. The summed E-state index contributed by atoms with van der Waals surface area (Å²) in [7, 11) is 0. The summed E-state index contributed by atoms with van der Waals surface area (Å²) in [5, 5.41) is 4.37. The number of carbonyl (C=O) groups excluding carboxylic acids is 1. The minimum atomic E-state index is -0.551. The van der Waals surface area contributed by atoms with Crippen LogP contribution >= 0.6 is 0 Å². The Hall–Kier alpha value is -2.87. The SMILES string of the molecule is C=C/C(C)=C/Cc1cnn2c(N)cc(N3CCCC(N)(CC(N)=O)CC3)nc12. The maximum atomic E-state index is 11.3. The molecule has 8 nitrogen and oxygen atoms in total. The van der Waals surface area contributed by atoms with Crippen molar-refractivity contribution in [2.45, 2.75) is 44.6 Å². The van der Waals surface area contributed by atoms with E-state index in [4.69, 9.17) is 22.2 Å². The summed E-state index contributed by atoms with van der Waals surface area (Å²) in [6.07, 6.45) is 8.93. The molecular weight excluding hydrogens is 354 g/mol. The van der Waals surface area contributed by atoms with Crippen molar-refractivity contribution in [3.8, 4) is 0 Å². The number of amides is 1. The Morgan fingerprint density at radius 1 is 1.39 bits per heavy atom. The zero-order chi connectivity index (χ0) is 20.3. The third-order valence-corrected chi connectivity index (χ3v) is 5.36. The Labute approximate surface area is 165 Å². The van der Waals surface area contributed by atoms with Crippen LogP contribution in [0, 0.1) is 0 Å². The lowest BCUT2D eigenvalue weighted by atomic mass is 9.88. The summed E-state index contributed by atoms with van der Waals surface area (Å²) in [4.78, 5) is 18.4. The lowest BCUT2D eigenvalue weighted by Gasteiger charge is -2.27. The van der Waals surface area contributed by atoms with Crippen molar-refractivity contribution >= 4 is 23.2 Å². The first kappa shape index (κ1) is 19.9. The van der Waals surface area contributed by atoms with Gasteiger partial charge in [0, 0.05) is 36.7 Å². The summed E-state index contributed by atoms with van der Waals surface area (Å²) in [5.74, 6) is 0.988. The molecule has 1 aliphatic heterocycles. The zero-order valence-electron chi connectivity index (χ0n) is 16.4. The predicted octanol–water partition coefficient (Wildman–Crippen LogP) is 1.55. The number of aromatic nitrogens is 3. The number of fused-ring (bicyclic) bond motifs is 1. The van der Waals surface area contributed by atoms with E-state index in [9.17, 15) is 4.79 Å². The second-order valence-corrected chi connectivity index (χ2v) is 7.65. The topological polar surface area (TPSA) is 129 Å². The molecule has 0 aromatic carbocycles. The lowest BCUT2D eigenvalue weighted by molar-refractivity contribution is -0.119. The fraction of sp³-hybridized carbons (Fsp3) is 0.450. The van der Waals surface area contributed by atoms with Crippen LogP contribution in [-0.4, -0.2) is 39.1 Å². The van der Waals surface area contributed by atoms with Crippen molar-refractivity contribution in [3.05, 3.63) is 42.1 Å². The number of rotatable bonds is 6. The number of nitrogen functional groups attached to an aromatic ring is 1. The number of nitrogens with zero attached hydrogens (tertiary/aromatic N) is 4. The Kier molecular flexibility index (Phi) is 5.69. The molecule has 1 atom stereocenters. The van der Waals surface area contributed by atoms with E-state index in [0.717, 1.165) is 42.0 Å². The molecule has 0 aliphatic carbocycles. The van der Waals surface area contributed by atoms with E-state index in [-0.39, 0.29) is 12.3 Å². The molecule has 1 saturated heterocycles. The van der Waals surface area contributed by atoms with Crippen LogP contribution in [0.2, 0.25) is 0 Å². The molecule has 6 N–H and O–H groups in total. The fourth-order valence-corrected chi connectivity index (χ4v) is 3.65. The minimum Gasteiger partial charge on any atom is -0.383 e. The molecule has 2 aromatic heterocycles. The fourth-order valence-electron chi connectivity index (χ4n) is 3.65. The molecule has 8 heteroatoms. The van der Waals surface area contributed by atoms with Crippen molar-refractivity contribution in [3.63, 3.8) is 0 Å². The van der Waals surface area contributed by atoms with E-state index in [1.165, 1.54) is 0 Å². The van der Waals surface area contributed by atoms with Crippen LogP contribution in [0.1, 0.15) is 38.2 Å². The van der Waals surface area contributed by atoms with E-state index >= 15 is 0 Å². The third kappa shape index (κ3) is 4.33. The largest absolute Gasteiger partial charge is 0.383 e. The Morgan fingerprint density at radius 3 is 2.89 bits per heavy atom. The number of carbonyl (C=O) groups is 1. The molecular formula is C20H29N7O. The highest BCUT2D eigenvalue weighted by Gasteiger charge is 2.30. The Bertz CT molecular complexity index is 917. The molecule has 0 saturated carbocycles. The van der Waals surface area contributed by atoms with E-state index in [1.54, 1.807) is 10.7 Å². The number of hydrogen-bond acceptors (Lipinski definition) is 6. The van der Waals surface area contributed by atoms with Gasteiger partial charge in [0.05, 0.1) is 6.20 Å². The smallest absolute Gasteiger partial charge is 0.219 e. The zero-order valence-corrected chi connectivity index (χ0v) is 16.4. The summed E-state index contributed by atoms with van der Waals surface area (Å²) in [6.45, 7) is 7.29. The van der Waals surface area contributed by atoms with Crippen LogP contribution in [-0.2, 0) is 11.2 Å². The van der Waals surface area contributed by atoms with Gasteiger partial charge in [-0.1, -0.05) is 24.3 Å². The van der Waals surface area contributed by atoms with Gasteiger partial charge in [-0.15, -0.1) is 0 Å². The van der Waals surface area contributed by atoms with Crippen LogP contribution in [0.3, 0.4) is 0 Å². The standard InChI is InChI=1S/C20H29N7O/c1-3-14(2)5-6-15-13-24-27-16(21)11-18(25-19(15)27)26-9-4-7-20(23,8-10-26)12-17(22)28/h3,5,11,13H,1,4,6-10,12,21,23H2,2H3,(H2,22,28)/b14-5+. The Morgan fingerprint density at radius 2 is 2.18 bits per heavy atom. The highest BCUT2D eigenvalue weighted by molar-refractivity contribution is 5.75. The molecule has 1 amide bonds. The molecule has 1 aliphatic rings. The van der Waals surface area contributed by atoms with Gasteiger partial charge in [-0.3, -0.25) is 4.79 Å². The highest BCUT2D eigenvalue weighted by Crippen LogP contribution is 2.27. The minimum absolute atomic E-state index is 0.206. The number of nitrogens with two attached hydrogens (primary N) is 3. The van der Waals surface area contributed by atoms with Crippen molar-refractivity contribution in [1.29, 1.82) is 0 Å². The van der Waals surface area contributed by atoms with E-state index in [0.29, 0.717) is 25.2 Å². The maximum absolute atomic E-state index is 11.3. The summed E-state index contributed by atoms with van der Waals surface area (Å²) < 4.78 is 1.66. The number of hydrogen-bond donors (Lipinski definition) is 3. The first-order valence-corrected chi connectivity index (χ1v) is 9.56. The summed E-state index contributed by atoms with van der Waals surface area (Å²) in [5.41, 5.74) is 20.3. The van der Waals surface area contributed by atoms with Crippen molar-refractivity contribution in [1.82, 2.24) is 14.6 Å². The maximum Gasteiger partial charge on any atom is 0.219 e. The molecule has 3 heterocycles. The average Bonchev–Trinajstić information content (AvgIpc) is 2.95. The second-order valence-electron chi connectivity index (χ2n) is 7.65. The quantitative estimate of drug-likeness (QED) is 0.649. The molecule has 3 rings (SSSR count). The first-order valence-electron chi connectivity index (χ1n) is 9.56. The normalized spacial score (nSPS) is 20.9. The highest BCUT2D eigenvalue weighted by atomic mass is 16.1. The van der Waals surface area contributed by atoms with Gasteiger partial charge in [0.2, 0.25) is 5.91 Å². The van der Waals surface area contributed by atoms with Gasteiger partial charge in [-0.2, -0.15) is 9.61 Å². The van der Waals surface area contributed by atoms with Crippen LogP contribution in [0.4, 0.5) is 11.6 Å². The van der Waals surface area contributed by atoms with Gasteiger partial charge in [-0.05, 0) is 32.6 Å². The average molecular weight is 384 g/mol. The van der Waals surface area contributed by atoms with Crippen LogP contribution in [0.5, 0.6) is 0 Å². The molecule has 2 aromatic rings. The van der Waals surface area contributed by atoms with Gasteiger partial charge in [0.1, 0.15) is 11.6 Å². The molecule has 0 radical (unpaired) electrons. The molecule has 150 valence electrons. The van der Waals surface area contributed by atoms with Gasteiger partial charge in [-0.25, -0.2) is 4.98 Å². The van der Waals surface area contributed by atoms with Gasteiger partial charge < -0.3 is 22.1 Å². The first-order chi connectivity index (χ1) is 13.3. The monoisotopic (exact) mass is 383 g/mol. The predicted molar refractivity (Wildman–Crippen MR) is 112 cm³/mol. The molecule has 1 unspecified atom stereocenters. The molecule has 1 fully saturated rings. The van der Waals surface area contributed by atoms with Crippen LogP contribution in [0.15, 0.2) is 36.6 Å². The van der Waals surface area contributed by atoms with Crippen LogP contribution < -0.4 is 22.1 Å². The van der Waals surface area contributed by atoms with Crippen molar-refractivity contribution in [2.75, 3.05) is 23.7 Å². The third-order valence-electron chi connectivity index (χ3n) is 5.36. The van der Waals surface area contributed by atoms with Crippen LogP contribution in [0.25, 0.3) is 5.65 Å². The van der Waals surface area contributed by atoms with E-state index in [1.807, 2.05) is 19.1 Å². The molecule has 0 spiro atoms. The molecule has 28 heavy (non-hydrogen) atoms. The second kappa shape index (κ2) is 8.02. The van der Waals surface area contributed by atoms with E-state index < -0.39 is 5.54 Å². The van der Waals surface area contributed by atoms with Gasteiger partial charge >= 0.3 is 0 Å². The van der Waals surface area contributed by atoms with Gasteiger partial charge in [0.15, 0.2) is 5.65 Å². The van der Waals surface area contributed by atoms with Crippen molar-refractivity contribution in [2.24, 2.45) is 11.5 Å². The van der Waals surface area contributed by atoms with Gasteiger partial charge in [0.25, 0.3) is 0 Å².